The summed E-state index contributed by atoms with van der Waals surface area (Å²) in [6, 6.07) is 0. The van der Waals surface area contributed by atoms with Crippen molar-refractivity contribution >= 4 is 35.4 Å². The molecule has 0 aromatic rings. The number of fused-ring (bicyclic) bond motifs is 6. The second-order valence-electron chi connectivity index (χ2n) is 14.5. The molecule has 6 aliphatic heterocycles. The second-order valence-corrected chi connectivity index (χ2v) is 14.5. The number of esters is 4. The Bertz CT molecular complexity index is 1790. The van der Waals surface area contributed by atoms with Crippen LogP contribution in [0.2, 0.25) is 0 Å². The van der Waals surface area contributed by atoms with E-state index in [1.165, 1.54) is 19.1 Å². The largest absolute Gasteiger partial charge is 0.483 e. The SMILES string of the molecule is C=C(C)C(=O)OC1CC2(C)OC(=CC2=O)C(C)C(CC(=C)C(=O)OC2CC3(C)OC(=CC3=O)C(C)=CC3OC(=O)C(=C)C32)C2OC(=O)C(=C)C12. The average Bonchev–Trinajstić information content (AvgIpc) is 3.71. The van der Waals surface area contributed by atoms with Gasteiger partial charge in [-0.2, -0.15) is 0 Å². The summed E-state index contributed by atoms with van der Waals surface area (Å²) < 4.78 is 35.6. The van der Waals surface area contributed by atoms with Gasteiger partial charge in [-0.3, -0.25) is 9.59 Å². The standard InChI is InChI=1S/C38H40O12/c1-16(2)33(41)46-27-15-38(9)29(40)13-24(50-38)19(5)22(32-31(27)21(7)36(44)48-32)10-18(4)34(42)47-26-14-37(8)28(39)12-23(49-37)17(3)11-25-30(26)20(6)35(43)45-25/h11-13,19,22,25-27,30-32H,1,4,6-7,10,14-15H2,2-3,5,8-9H3. The molecule has 10 unspecified atom stereocenters. The van der Waals surface area contributed by atoms with Gasteiger partial charge in [0.2, 0.25) is 11.6 Å². The van der Waals surface area contributed by atoms with Crippen molar-refractivity contribution in [2.75, 3.05) is 0 Å². The van der Waals surface area contributed by atoms with Crippen molar-refractivity contribution in [3.8, 4) is 0 Å². The topological polar surface area (TPSA) is 158 Å². The molecule has 3 saturated heterocycles. The highest BCUT2D eigenvalue weighted by Crippen LogP contribution is 2.49. The number of carbonyl (C=O) groups is 6. The fourth-order valence-electron chi connectivity index (χ4n) is 7.69. The van der Waals surface area contributed by atoms with Crippen molar-refractivity contribution in [2.45, 2.75) is 89.5 Å². The van der Waals surface area contributed by atoms with Crippen LogP contribution in [0, 0.1) is 23.7 Å². The molecular weight excluding hydrogens is 648 g/mol. The smallest absolute Gasteiger partial charge is 0.334 e. The molecule has 0 saturated carbocycles. The van der Waals surface area contributed by atoms with Crippen LogP contribution < -0.4 is 0 Å². The van der Waals surface area contributed by atoms with Crippen LogP contribution in [-0.2, 0) is 57.2 Å². The van der Waals surface area contributed by atoms with Gasteiger partial charge in [0.15, 0.2) is 11.2 Å². The van der Waals surface area contributed by atoms with Crippen LogP contribution in [0.25, 0.3) is 0 Å². The van der Waals surface area contributed by atoms with Gasteiger partial charge in [0.25, 0.3) is 0 Å². The highest BCUT2D eigenvalue weighted by molar-refractivity contribution is 6.01. The third-order valence-corrected chi connectivity index (χ3v) is 10.7. The van der Waals surface area contributed by atoms with Crippen molar-refractivity contribution in [1.82, 2.24) is 0 Å². The number of ketones is 2. The number of ether oxygens (including phenoxy) is 6. The Labute approximate surface area is 289 Å². The maximum absolute atomic E-state index is 14.0. The monoisotopic (exact) mass is 688 g/mol. The summed E-state index contributed by atoms with van der Waals surface area (Å²) in [6.45, 7) is 23.7. The Morgan fingerprint density at radius 3 is 2.08 bits per heavy atom. The van der Waals surface area contributed by atoms with Crippen molar-refractivity contribution in [2.24, 2.45) is 23.7 Å². The van der Waals surface area contributed by atoms with Crippen molar-refractivity contribution < 1.29 is 57.2 Å². The molecule has 10 atom stereocenters. The minimum Gasteiger partial charge on any atom is -0.483 e. The van der Waals surface area contributed by atoms with E-state index >= 15 is 0 Å². The van der Waals surface area contributed by atoms with E-state index in [2.05, 4.69) is 26.3 Å². The van der Waals surface area contributed by atoms with E-state index in [1.807, 2.05) is 0 Å². The molecule has 0 amide bonds. The molecule has 12 nitrogen and oxygen atoms in total. The van der Waals surface area contributed by atoms with Gasteiger partial charge in [0.05, 0.1) is 11.8 Å². The molecule has 3 fully saturated rings. The molecule has 0 aromatic heterocycles. The Morgan fingerprint density at radius 2 is 1.42 bits per heavy atom. The molecule has 0 N–H and O–H groups in total. The van der Waals surface area contributed by atoms with Crippen molar-refractivity contribution in [3.05, 3.63) is 83.9 Å². The van der Waals surface area contributed by atoms with Gasteiger partial charge in [0, 0.05) is 59.1 Å². The lowest BCUT2D eigenvalue weighted by Gasteiger charge is -2.34. The Kier molecular flexibility index (Phi) is 8.43. The molecule has 264 valence electrons. The first-order valence-corrected chi connectivity index (χ1v) is 16.5. The third-order valence-electron chi connectivity index (χ3n) is 10.7. The zero-order valence-corrected chi connectivity index (χ0v) is 28.7. The molecule has 4 bridgehead atoms. The van der Waals surface area contributed by atoms with Gasteiger partial charge in [-0.25, -0.2) is 19.2 Å². The van der Waals surface area contributed by atoms with E-state index in [0.29, 0.717) is 17.1 Å². The van der Waals surface area contributed by atoms with Crippen molar-refractivity contribution in [1.29, 1.82) is 0 Å². The Morgan fingerprint density at radius 1 is 0.860 bits per heavy atom. The molecular formula is C38H40O12. The molecule has 12 heteroatoms. The van der Waals surface area contributed by atoms with Gasteiger partial charge < -0.3 is 28.4 Å². The minimum absolute atomic E-state index is 0.0294. The molecule has 0 radical (unpaired) electrons. The fourth-order valence-corrected chi connectivity index (χ4v) is 7.69. The summed E-state index contributed by atoms with van der Waals surface area (Å²) in [7, 11) is 0. The highest BCUT2D eigenvalue weighted by Gasteiger charge is 2.57. The first kappa shape index (κ1) is 34.8. The van der Waals surface area contributed by atoms with E-state index in [4.69, 9.17) is 28.4 Å². The summed E-state index contributed by atoms with van der Waals surface area (Å²) in [5.41, 5.74) is -2.00. The molecule has 0 spiro atoms. The van der Waals surface area contributed by atoms with E-state index in [1.54, 1.807) is 33.8 Å². The summed E-state index contributed by atoms with van der Waals surface area (Å²) in [5, 5.41) is 0. The lowest BCUT2D eigenvalue weighted by atomic mass is 9.73. The van der Waals surface area contributed by atoms with E-state index in [0.717, 1.165) is 0 Å². The predicted octanol–water partition coefficient (Wildman–Crippen LogP) is 4.02. The van der Waals surface area contributed by atoms with Gasteiger partial charge in [-0.1, -0.05) is 33.2 Å². The first-order valence-electron chi connectivity index (χ1n) is 16.5. The Balaban J connectivity index is 1.32. The minimum atomic E-state index is -1.40. The van der Waals surface area contributed by atoms with E-state index < -0.39 is 83.2 Å². The molecule has 6 rings (SSSR count). The number of allylic oxidation sites excluding steroid dienone is 2. The van der Waals surface area contributed by atoms with Gasteiger partial charge >= 0.3 is 23.9 Å². The van der Waals surface area contributed by atoms with Crippen LogP contribution in [-0.4, -0.2) is 71.1 Å². The Hall–Kier alpha value is -5.00. The normalized spacial score (nSPS) is 37.3. The fraction of sp³-hybridized carbons (Fsp3) is 0.474. The summed E-state index contributed by atoms with van der Waals surface area (Å²) in [5.74, 6) is -5.97. The molecule has 0 aliphatic carbocycles. The van der Waals surface area contributed by atoms with E-state index in [-0.39, 0.29) is 53.1 Å². The van der Waals surface area contributed by atoms with Crippen LogP contribution in [0.4, 0.5) is 0 Å². The van der Waals surface area contributed by atoms with Gasteiger partial charge in [-0.05, 0) is 45.8 Å². The lowest BCUT2D eigenvalue weighted by Crippen LogP contribution is -2.44. The summed E-state index contributed by atoms with van der Waals surface area (Å²) in [4.78, 5) is 78.9. The first-order chi connectivity index (χ1) is 23.3. The maximum Gasteiger partial charge on any atom is 0.334 e. The molecule has 0 aromatic carbocycles. The molecule has 6 aliphatic rings. The zero-order chi connectivity index (χ0) is 36.6. The lowest BCUT2D eigenvalue weighted by molar-refractivity contribution is -0.154. The summed E-state index contributed by atoms with van der Waals surface area (Å²) >= 11 is 0. The number of carbonyl (C=O) groups excluding carboxylic acids is 6. The van der Waals surface area contributed by atoms with Crippen LogP contribution in [0.1, 0.15) is 53.9 Å². The molecule has 6 heterocycles. The number of hydrogen-bond acceptors (Lipinski definition) is 12. The quantitative estimate of drug-likeness (QED) is 0.225. The van der Waals surface area contributed by atoms with E-state index in [9.17, 15) is 28.8 Å². The van der Waals surface area contributed by atoms with Crippen molar-refractivity contribution in [3.63, 3.8) is 0 Å². The number of hydrogen-bond donors (Lipinski definition) is 0. The van der Waals surface area contributed by atoms with Crippen LogP contribution in [0.15, 0.2) is 83.9 Å². The van der Waals surface area contributed by atoms with Crippen LogP contribution in [0.3, 0.4) is 0 Å². The maximum atomic E-state index is 14.0. The number of rotatable bonds is 6. The van der Waals surface area contributed by atoms with Crippen LogP contribution >= 0.6 is 0 Å². The second kappa shape index (κ2) is 12.1. The van der Waals surface area contributed by atoms with Crippen LogP contribution in [0.5, 0.6) is 0 Å². The van der Waals surface area contributed by atoms with Gasteiger partial charge in [0.1, 0.15) is 35.9 Å². The summed E-state index contributed by atoms with van der Waals surface area (Å²) in [6.07, 6.45) is 0.127. The third kappa shape index (κ3) is 5.74. The van der Waals surface area contributed by atoms with Gasteiger partial charge in [-0.15, -0.1) is 0 Å². The highest BCUT2D eigenvalue weighted by atomic mass is 16.6. The molecule has 50 heavy (non-hydrogen) atoms. The zero-order valence-electron chi connectivity index (χ0n) is 28.7. The average molecular weight is 689 g/mol. The predicted molar refractivity (Wildman–Crippen MR) is 174 cm³/mol.